The number of hydrazine groups is 1. The Morgan fingerprint density at radius 3 is 2.54 bits per heavy atom. The minimum Gasteiger partial charge on any atom is -0.307 e. The van der Waals surface area contributed by atoms with Crippen LogP contribution in [0.25, 0.3) is 0 Å². The SMILES string of the molecule is CC(NNc1ccc(Cl)cc1)=C1CNC(C)(Cc2ccccc2)C1. The molecule has 1 atom stereocenters. The smallest absolute Gasteiger partial charge is 0.0540 e. The number of benzene rings is 2. The number of hydrogen-bond acceptors (Lipinski definition) is 3. The van der Waals surface area contributed by atoms with Crippen LogP contribution in [0.2, 0.25) is 5.02 Å². The molecule has 3 N–H and O–H groups in total. The molecule has 1 aliphatic rings. The number of halogens is 1. The van der Waals surface area contributed by atoms with Crippen LogP contribution in [-0.2, 0) is 6.42 Å². The number of hydrogen-bond donors (Lipinski definition) is 3. The van der Waals surface area contributed by atoms with Gasteiger partial charge in [0.25, 0.3) is 0 Å². The van der Waals surface area contributed by atoms with Crippen molar-refractivity contribution in [3.05, 3.63) is 76.5 Å². The van der Waals surface area contributed by atoms with E-state index in [4.69, 9.17) is 11.6 Å². The molecule has 1 saturated heterocycles. The maximum Gasteiger partial charge on any atom is 0.0540 e. The Balaban J connectivity index is 1.60. The van der Waals surface area contributed by atoms with Gasteiger partial charge in [0.05, 0.1) is 5.69 Å². The molecule has 1 aliphatic heterocycles. The topological polar surface area (TPSA) is 36.1 Å². The van der Waals surface area contributed by atoms with Crippen molar-refractivity contribution in [1.82, 2.24) is 10.7 Å². The van der Waals surface area contributed by atoms with Crippen molar-refractivity contribution in [1.29, 1.82) is 0 Å². The highest BCUT2D eigenvalue weighted by Gasteiger charge is 2.32. The number of anilines is 1. The summed E-state index contributed by atoms with van der Waals surface area (Å²) in [5.74, 6) is 0. The van der Waals surface area contributed by atoms with Crippen LogP contribution in [0.5, 0.6) is 0 Å². The summed E-state index contributed by atoms with van der Waals surface area (Å²) in [7, 11) is 0. The molecule has 0 saturated carbocycles. The van der Waals surface area contributed by atoms with E-state index in [2.05, 4.69) is 60.3 Å². The first-order chi connectivity index (χ1) is 11.5. The minimum absolute atomic E-state index is 0.111. The molecule has 0 bridgehead atoms. The van der Waals surface area contributed by atoms with Crippen molar-refractivity contribution in [3.63, 3.8) is 0 Å². The van der Waals surface area contributed by atoms with Crippen LogP contribution in [0.1, 0.15) is 25.8 Å². The zero-order valence-electron chi connectivity index (χ0n) is 14.2. The molecule has 126 valence electrons. The third-order valence-electron chi connectivity index (χ3n) is 4.54. The van der Waals surface area contributed by atoms with Gasteiger partial charge in [0, 0.05) is 22.8 Å². The molecular weight excluding hydrogens is 318 g/mol. The highest BCUT2D eigenvalue weighted by Crippen LogP contribution is 2.28. The van der Waals surface area contributed by atoms with Gasteiger partial charge >= 0.3 is 0 Å². The third-order valence-corrected chi connectivity index (χ3v) is 4.79. The van der Waals surface area contributed by atoms with E-state index >= 15 is 0 Å². The predicted octanol–water partition coefficient (Wildman–Crippen LogP) is 4.53. The number of nitrogens with one attached hydrogen (secondary N) is 3. The zero-order valence-corrected chi connectivity index (χ0v) is 15.0. The molecule has 1 heterocycles. The van der Waals surface area contributed by atoms with Gasteiger partial charge in [-0.05, 0) is 62.1 Å². The largest absolute Gasteiger partial charge is 0.307 e. The standard InChI is InChI=1S/C20H24ClN3/c1-15(23-24-19-10-8-18(21)9-11-19)17-13-20(2,22-14-17)12-16-6-4-3-5-7-16/h3-11,22-24H,12-14H2,1-2H3. The first kappa shape index (κ1) is 16.9. The fourth-order valence-corrected chi connectivity index (χ4v) is 3.27. The van der Waals surface area contributed by atoms with Crippen LogP contribution >= 0.6 is 11.6 Å². The van der Waals surface area contributed by atoms with Crippen LogP contribution in [-0.4, -0.2) is 12.1 Å². The molecule has 1 unspecified atom stereocenters. The molecule has 3 nitrogen and oxygen atoms in total. The van der Waals surface area contributed by atoms with E-state index in [1.54, 1.807) is 0 Å². The zero-order chi connectivity index (χ0) is 17.0. The fraction of sp³-hybridized carbons (Fsp3) is 0.300. The van der Waals surface area contributed by atoms with Crippen LogP contribution in [0.4, 0.5) is 5.69 Å². The quantitative estimate of drug-likeness (QED) is 0.699. The summed E-state index contributed by atoms with van der Waals surface area (Å²) in [6.07, 6.45) is 2.08. The van der Waals surface area contributed by atoms with E-state index in [-0.39, 0.29) is 5.54 Å². The summed E-state index contributed by atoms with van der Waals surface area (Å²) in [4.78, 5) is 0. The van der Waals surface area contributed by atoms with E-state index in [0.717, 1.165) is 30.1 Å². The van der Waals surface area contributed by atoms with Gasteiger partial charge in [-0.15, -0.1) is 0 Å². The van der Waals surface area contributed by atoms with E-state index in [1.807, 2.05) is 24.3 Å². The normalized spacial score (nSPS) is 22.3. The van der Waals surface area contributed by atoms with Gasteiger partial charge in [-0.2, -0.15) is 0 Å². The van der Waals surface area contributed by atoms with E-state index in [9.17, 15) is 0 Å². The van der Waals surface area contributed by atoms with Gasteiger partial charge in [0.2, 0.25) is 0 Å². The van der Waals surface area contributed by atoms with Gasteiger partial charge in [0.15, 0.2) is 0 Å². The second-order valence-corrected chi connectivity index (χ2v) is 7.18. The summed E-state index contributed by atoms with van der Waals surface area (Å²) < 4.78 is 0. The van der Waals surface area contributed by atoms with Gasteiger partial charge < -0.3 is 16.2 Å². The van der Waals surface area contributed by atoms with Gasteiger partial charge in [-0.25, -0.2) is 0 Å². The molecule has 0 amide bonds. The monoisotopic (exact) mass is 341 g/mol. The summed E-state index contributed by atoms with van der Waals surface area (Å²) >= 11 is 5.91. The van der Waals surface area contributed by atoms with Gasteiger partial charge in [0.1, 0.15) is 0 Å². The number of rotatable bonds is 5. The lowest BCUT2D eigenvalue weighted by atomic mass is 9.90. The Morgan fingerprint density at radius 1 is 1.12 bits per heavy atom. The minimum atomic E-state index is 0.111. The van der Waals surface area contributed by atoms with Crippen molar-refractivity contribution in [2.45, 2.75) is 32.2 Å². The Hall–Kier alpha value is -1.97. The average Bonchev–Trinajstić information content (AvgIpc) is 2.97. The lowest BCUT2D eigenvalue weighted by Gasteiger charge is -2.24. The predicted molar refractivity (Wildman–Crippen MR) is 102 cm³/mol. The molecule has 0 aliphatic carbocycles. The molecule has 4 heteroatoms. The Labute approximate surface area is 149 Å². The maximum atomic E-state index is 5.91. The Kier molecular flexibility index (Phi) is 5.12. The fourth-order valence-electron chi connectivity index (χ4n) is 3.14. The van der Waals surface area contributed by atoms with Crippen molar-refractivity contribution in [2.24, 2.45) is 0 Å². The Morgan fingerprint density at radius 2 is 1.83 bits per heavy atom. The molecule has 24 heavy (non-hydrogen) atoms. The van der Waals surface area contributed by atoms with E-state index in [1.165, 1.54) is 16.8 Å². The molecule has 2 aromatic carbocycles. The molecule has 0 spiro atoms. The van der Waals surface area contributed by atoms with Crippen molar-refractivity contribution in [3.8, 4) is 0 Å². The molecule has 1 fully saturated rings. The third kappa shape index (κ3) is 4.31. The second-order valence-electron chi connectivity index (χ2n) is 6.74. The first-order valence-corrected chi connectivity index (χ1v) is 8.67. The van der Waals surface area contributed by atoms with Crippen LogP contribution in [0.3, 0.4) is 0 Å². The van der Waals surface area contributed by atoms with E-state index in [0.29, 0.717) is 0 Å². The molecule has 0 aromatic heterocycles. The summed E-state index contributed by atoms with van der Waals surface area (Å²) in [6.45, 7) is 5.34. The molecule has 0 radical (unpaired) electrons. The number of allylic oxidation sites excluding steroid dienone is 1. The summed E-state index contributed by atoms with van der Waals surface area (Å²) in [5, 5.41) is 4.42. The Bertz CT molecular complexity index is 709. The maximum absolute atomic E-state index is 5.91. The molecular formula is C20H24ClN3. The van der Waals surface area contributed by atoms with E-state index < -0.39 is 0 Å². The van der Waals surface area contributed by atoms with Gasteiger partial charge in [-0.3, -0.25) is 0 Å². The highest BCUT2D eigenvalue weighted by atomic mass is 35.5. The van der Waals surface area contributed by atoms with Crippen molar-refractivity contribution < 1.29 is 0 Å². The lowest BCUT2D eigenvalue weighted by Crippen LogP contribution is -2.38. The molecule has 3 rings (SSSR count). The molecule has 2 aromatic rings. The van der Waals surface area contributed by atoms with Gasteiger partial charge in [-0.1, -0.05) is 41.9 Å². The van der Waals surface area contributed by atoms with Crippen molar-refractivity contribution in [2.75, 3.05) is 12.0 Å². The second kappa shape index (κ2) is 7.29. The summed E-state index contributed by atoms with van der Waals surface area (Å²) in [5.41, 5.74) is 11.6. The summed E-state index contributed by atoms with van der Waals surface area (Å²) in [6, 6.07) is 18.3. The van der Waals surface area contributed by atoms with Crippen LogP contribution < -0.4 is 16.2 Å². The first-order valence-electron chi connectivity index (χ1n) is 8.29. The van der Waals surface area contributed by atoms with Crippen LogP contribution in [0, 0.1) is 0 Å². The highest BCUT2D eigenvalue weighted by molar-refractivity contribution is 6.30. The van der Waals surface area contributed by atoms with Crippen molar-refractivity contribution >= 4 is 17.3 Å². The lowest BCUT2D eigenvalue weighted by molar-refractivity contribution is 0.416. The van der Waals surface area contributed by atoms with Crippen LogP contribution in [0.15, 0.2) is 65.9 Å². The average molecular weight is 342 g/mol.